The summed E-state index contributed by atoms with van der Waals surface area (Å²) in [6, 6.07) is 22.2. The van der Waals surface area contributed by atoms with Gasteiger partial charge < -0.3 is 4.90 Å². The van der Waals surface area contributed by atoms with Crippen LogP contribution in [0.25, 0.3) is 0 Å². The molecule has 0 N–H and O–H groups in total. The van der Waals surface area contributed by atoms with E-state index in [1.165, 1.54) is 35.6 Å². The molecule has 26 heavy (non-hydrogen) atoms. The van der Waals surface area contributed by atoms with Crippen LogP contribution < -0.4 is 0 Å². The molecule has 1 atom stereocenters. The monoisotopic (exact) mass is 370 g/mol. The van der Waals surface area contributed by atoms with Gasteiger partial charge in [-0.2, -0.15) is 0 Å². The predicted molar refractivity (Wildman–Crippen MR) is 116 cm³/mol. The Labute approximate surface area is 164 Å². The molecule has 0 bridgehead atoms. The summed E-state index contributed by atoms with van der Waals surface area (Å²) in [6.45, 7) is 9.11. The van der Waals surface area contributed by atoms with Gasteiger partial charge in [-0.15, -0.1) is 11.8 Å². The van der Waals surface area contributed by atoms with E-state index in [2.05, 4.69) is 91.4 Å². The van der Waals surface area contributed by atoms with Crippen molar-refractivity contribution < 1.29 is 0 Å². The Morgan fingerprint density at radius 1 is 0.885 bits per heavy atom. The van der Waals surface area contributed by atoms with Crippen LogP contribution in [0.2, 0.25) is 0 Å². The van der Waals surface area contributed by atoms with Crippen LogP contribution in [-0.2, 0) is 6.54 Å². The average molecular weight is 371 g/mol. The Balaban J connectivity index is 1.69. The first kappa shape index (κ1) is 21.0. The van der Waals surface area contributed by atoms with Crippen LogP contribution in [0.15, 0.2) is 65.6 Å². The fourth-order valence-corrected chi connectivity index (χ4v) is 3.84. The highest BCUT2D eigenvalue weighted by atomic mass is 32.2. The molecule has 0 aliphatic heterocycles. The van der Waals surface area contributed by atoms with Gasteiger partial charge in [0.2, 0.25) is 0 Å². The van der Waals surface area contributed by atoms with E-state index in [1.54, 1.807) is 0 Å². The number of likely N-dealkylation sites (N-methyl/N-ethyl adjacent to an activating group) is 1. The normalized spacial score (nSPS) is 12.7. The molecule has 0 aliphatic rings. The molecular formula is C23H34N2S. The van der Waals surface area contributed by atoms with E-state index in [4.69, 9.17) is 0 Å². The number of thioether (sulfide) groups is 1. The maximum absolute atomic E-state index is 2.62. The van der Waals surface area contributed by atoms with Gasteiger partial charge in [-0.25, -0.2) is 0 Å². The van der Waals surface area contributed by atoms with Gasteiger partial charge in [0.05, 0.1) is 0 Å². The van der Waals surface area contributed by atoms with Gasteiger partial charge in [0.1, 0.15) is 0 Å². The maximum Gasteiger partial charge on any atom is 0.0237 e. The third-order valence-corrected chi connectivity index (χ3v) is 6.01. The quantitative estimate of drug-likeness (QED) is 0.365. The van der Waals surface area contributed by atoms with E-state index >= 15 is 0 Å². The van der Waals surface area contributed by atoms with Crippen molar-refractivity contribution in [3.05, 3.63) is 66.2 Å². The van der Waals surface area contributed by atoms with Crippen molar-refractivity contribution in [3.63, 3.8) is 0 Å². The number of rotatable bonds is 12. The van der Waals surface area contributed by atoms with Crippen molar-refractivity contribution >= 4 is 11.8 Å². The first-order valence-electron chi connectivity index (χ1n) is 9.83. The third-order valence-electron chi connectivity index (χ3n) is 4.91. The second-order valence-electron chi connectivity index (χ2n) is 7.03. The van der Waals surface area contributed by atoms with Crippen molar-refractivity contribution in [2.75, 3.05) is 32.4 Å². The molecule has 1 unspecified atom stereocenters. The standard InChI is InChI=1S/C23H34N2S/c1-4-21(2)25(20-22-12-7-5-8-13-22)18-17-24(3)16-11-19-26-23-14-9-6-10-15-23/h5-10,12-15,21H,4,11,16-20H2,1-3H3. The van der Waals surface area contributed by atoms with E-state index < -0.39 is 0 Å². The Kier molecular flexibility index (Phi) is 9.83. The van der Waals surface area contributed by atoms with Crippen molar-refractivity contribution in [1.29, 1.82) is 0 Å². The summed E-state index contributed by atoms with van der Waals surface area (Å²) in [5.41, 5.74) is 1.41. The van der Waals surface area contributed by atoms with Crippen LogP contribution in [0.1, 0.15) is 32.3 Å². The van der Waals surface area contributed by atoms with Gasteiger partial charge in [-0.1, -0.05) is 55.5 Å². The van der Waals surface area contributed by atoms with Crippen molar-refractivity contribution in [1.82, 2.24) is 9.80 Å². The van der Waals surface area contributed by atoms with Crippen LogP contribution in [0.4, 0.5) is 0 Å². The summed E-state index contributed by atoms with van der Waals surface area (Å²) in [7, 11) is 2.25. The molecule has 3 heteroatoms. The second kappa shape index (κ2) is 12.2. The summed E-state index contributed by atoms with van der Waals surface area (Å²) in [5.74, 6) is 1.19. The van der Waals surface area contributed by atoms with Gasteiger partial charge >= 0.3 is 0 Å². The molecule has 2 nitrogen and oxygen atoms in total. The highest BCUT2D eigenvalue weighted by Gasteiger charge is 2.13. The Morgan fingerprint density at radius 2 is 1.54 bits per heavy atom. The lowest BCUT2D eigenvalue weighted by atomic mass is 10.1. The molecule has 2 aromatic carbocycles. The Morgan fingerprint density at radius 3 is 2.19 bits per heavy atom. The lowest BCUT2D eigenvalue weighted by Crippen LogP contribution is -2.38. The van der Waals surface area contributed by atoms with Crippen LogP contribution in [0.3, 0.4) is 0 Å². The summed E-state index contributed by atoms with van der Waals surface area (Å²) in [4.78, 5) is 6.47. The SMILES string of the molecule is CCC(C)N(CCN(C)CCCSc1ccccc1)Cc1ccccc1. The van der Waals surface area contributed by atoms with E-state index in [-0.39, 0.29) is 0 Å². The summed E-state index contributed by atoms with van der Waals surface area (Å²) in [6.07, 6.45) is 2.43. The molecule has 2 aromatic rings. The fourth-order valence-electron chi connectivity index (χ4n) is 2.98. The van der Waals surface area contributed by atoms with Gasteiger partial charge in [-0.05, 0) is 56.8 Å². The number of nitrogens with zero attached hydrogens (tertiary/aromatic N) is 2. The first-order chi connectivity index (χ1) is 12.7. The molecule has 142 valence electrons. The van der Waals surface area contributed by atoms with Crippen molar-refractivity contribution in [3.8, 4) is 0 Å². The third kappa shape index (κ3) is 7.94. The van der Waals surface area contributed by atoms with Crippen LogP contribution in [0, 0.1) is 0 Å². The molecule has 0 radical (unpaired) electrons. The van der Waals surface area contributed by atoms with E-state index in [0.717, 1.165) is 19.6 Å². The zero-order valence-corrected chi connectivity index (χ0v) is 17.4. The molecule has 0 amide bonds. The number of benzene rings is 2. The smallest absolute Gasteiger partial charge is 0.0237 e. The van der Waals surface area contributed by atoms with Crippen LogP contribution in [-0.4, -0.2) is 48.3 Å². The second-order valence-corrected chi connectivity index (χ2v) is 8.20. The molecule has 0 fully saturated rings. The predicted octanol–water partition coefficient (Wildman–Crippen LogP) is 5.40. The minimum Gasteiger partial charge on any atom is -0.305 e. The first-order valence-corrected chi connectivity index (χ1v) is 10.8. The molecule has 0 heterocycles. The van der Waals surface area contributed by atoms with Gasteiger partial charge in [0.15, 0.2) is 0 Å². The molecule has 0 aliphatic carbocycles. The van der Waals surface area contributed by atoms with Crippen molar-refractivity contribution in [2.24, 2.45) is 0 Å². The zero-order chi connectivity index (χ0) is 18.6. The van der Waals surface area contributed by atoms with E-state index in [1.807, 2.05) is 11.8 Å². The average Bonchev–Trinajstić information content (AvgIpc) is 2.69. The van der Waals surface area contributed by atoms with Crippen LogP contribution in [0.5, 0.6) is 0 Å². The van der Waals surface area contributed by atoms with E-state index in [9.17, 15) is 0 Å². The van der Waals surface area contributed by atoms with Gasteiger partial charge in [0.25, 0.3) is 0 Å². The highest BCUT2D eigenvalue weighted by Crippen LogP contribution is 2.17. The minimum atomic E-state index is 0.622. The van der Waals surface area contributed by atoms with Crippen molar-refractivity contribution in [2.45, 2.75) is 44.2 Å². The maximum atomic E-state index is 2.62. The minimum absolute atomic E-state index is 0.622. The molecule has 0 aromatic heterocycles. The number of hydrogen-bond acceptors (Lipinski definition) is 3. The lowest BCUT2D eigenvalue weighted by molar-refractivity contribution is 0.169. The largest absolute Gasteiger partial charge is 0.305 e. The summed E-state index contributed by atoms with van der Waals surface area (Å²) < 4.78 is 0. The molecule has 0 spiro atoms. The van der Waals surface area contributed by atoms with Crippen LogP contribution >= 0.6 is 11.8 Å². The zero-order valence-electron chi connectivity index (χ0n) is 16.6. The Bertz CT molecular complexity index is 588. The highest BCUT2D eigenvalue weighted by molar-refractivity contribution is 7.99. The topological polar surface area (TPSA) is 6.48 Å². The molecule has 2 rings (SSSR count). The molecular weight excluding hydrogens is 336 g/mol. The fraction of sp³-hybridized carbons (Fsp3) is 0.478. The lowest BCUT2D eigenvalue weighted by Gasteiger charge is -2.30. The molecule has 0 saturated heterocycles. The van der Waals surface area contributed by atoms with Gasteiger partial charge in [-0.3, -0.25) is 4.90 Å². The van der Waals surface area contributed by atoms with Gasteiger partial charge in [0, 0.05) is 30.6 Å². The summed E-state index contributed by atoms with van der Waals surface area (Å²) >= 11 is 1.96. The Hall–Kier alpha value is -1.29. The van der Waals surface area contributed by atoms with E-state index in [0.29, 0.717) is 6.04 Å². The number of hydrogen-bond donors (Lipinski definition) is 0. The molecule has 0 saturated carbocycles. The summed E-state index contributed by atoms with van der Waals surface area (Å²) in [5, 5.41) is 0.